The fourth-order valence-electron chi connectivity index (χ4n) is 2.72. The van der Waals surface area contributed by atoms with Crippen LogP contribution in [0.3, 0.4) is 0 Å². The predicted molar refractivity (Wildman–Crippen MR) is 103 cm³/mol. The van der Waals surface area contributed by atoms with Crippen molar-refractivity contribution in [2.45, 2.75) is 11.8 Å². The molecule has 3 rings (SSSR count). The van der Waals surface area contributed by atoms with Crippen LogP contribution in [0.15, 0.2) is 83.9 Å². The Labute approximate surface area is 148 Å². The molecular formula is C21H19NO2S. The van der Waals surface area contributed by atoms with Crippen molar-refractivity contribution in [2.24, 2.45) is 0 Å². The van der Waals surface area contributed by atoms with E-state index in [1.165, 1.54) is 11.4 Å². The number of fused-ring (bicyclic) bond motifs is 1. The van der Waals surface area contributed by atoms with Crippen LogP contribution in [-0.2, 0) is 10.0 Å². The summed E-state index contributed by atoms with van der Waals surface area (Å²) < 4.78 is 27.1. The Bertz CT molecular complexity index is 1080. The minimum Gasteiger partial charge on any atom is -0.262 e. The van der Waals surface area contributed by atoms with Crippen LogP contribution in [0.25, 0.3) is 16.5 Å². The molecule has 0 spiro atoms. The molecule has 3 nitrogen and oxygen atoms in total. The van der Waals surface area contributed by atoms with Gasteiger partial charge in [0.25, 0.3) is 10.0 Å². The van der Waals surface area contributed by atoms with E-state index in [1.807, 2.05) is 49.4 Å². The second-order valence-electron chi connectivity index (χ2n) is 5.87. The lowest BCUT2D eigenvalue weighted by Gasteiger charge is -2.21. The fourth-order valence-corrected chi connectivity index (χ4v) is 3.93. The van der Waals surface area contributed by atoms with Gasteiger partial charge in [-0.25, -0.2) is 8.42 Å². The molecule has 0 saturated heterocycles. The lowest BCUT2D eigenvalue weighted by Crippen LogP contribution is -2.25. The summed E-state index contributed by atoms with van der Waals surface area (Å²) in [5.74, 6) is 0. The Morgan fingerprint density at radius 3 is 2.24 bits per heavy atom. The van der Waals surface area contributed by atoms with E-state index < -0.39 is 10.0 Å². The van der Waals surface area contributed by atoms with E-state index in [0.29, 0.717) is 5.70 Å². The van der Waals surface area contributed by atoms with Gasteiger partial charge in [0.15, 0.2) is 0 Å². The van der Waals surface area contributed by atoms with Gasteiger partial charge in [0.05, 0.1) is 4.90 Å². The Kier molecular flexibility index (Phi) is 4.49. The van der Waals surface area contributed by atoms with E-state index in [-0.39, 0.29) is 4.90 Å². The Hall–Kier alpha value is -2.81. The van der Waals surface area contributed by atoms with Crippen LogP contribution in [-0.4, -0.2) is 19.8 Å². The van der Waals surface area contributed by atoms with Crippen LogP contribution in [0.5, 0.6) is 0 Å². The second kappa shape index (κ2) is 6.60. The summed E-state index contributed by atoms with van der Waals surface area (Å²) in [4.78, 5) is 0.245. The van der Waals surface area contributed by atoms with Crippen molar-refractivity contribution in [2.75, 3.05) is 7.05 Å². The minimum absolute atomic E-state index is 0.245. The maximum atomic E-state index is 12.9. The van der Waals surface area contributed by atoms with E-state index >= 15 is 0 Å². The molecule has 126 valence electrons. The van der Waals surface area contributed by atoms with Crippen LogP contribution >= 0.6 is 0 Å². The monoisotopic (exact) mass is 349 g/mol. The third kappa shape index (κ3) is 3.22. The van der Waals surface area contributed by atoms with E-state index in [4.69, 9.17) is 0 Å². The summed E-state index contributed by atoms with van der Waals surface area (Å²) in [5, 5.41) is 2.13. The van der Waals surface area contributed by atoms with Gasteiger partial charge in [-0.2, -0.15) is 0 Å². The van der Waals surface area contributed by atoms with Crippen molar-refractivity contribution < 1.29 is 8.42 Å². The third-order valence-corrected chi connectivity index (χ3v) is 5.96. The molecule has 0 aliphatic rings. The highest BCUT2D eigenvalue weighted by Crippen LogP contribution is 2.27. The second-order valence-corrected chi connectivity index (χ2v) is 7.84. The summed E-state index contributed by atoms with van der Waals surface area (Å²) in [6.45, 7) is 5.61. The molecule has 0 bridgehead atoms. The zero-order chi connectivity index (χ0) is 18.0. The van der Waals surface area contributed by atoms with Crippen LogP contribution in [0.1, 0.15) is 11.1 Å². The van der Waals surface area contributed by atoms with E-state index in [9.17, 15) is 8.42 Å². The van der Waals surface area contributed by atoms with Crippen LogP contribution < -0.4 is 0 Å². The van der Waals surface area contributed by atoms with Gasteiger partial charge in [-0.1, -0.05) is 60.7 Å². The molecular weight excluding hydrogens is 330 g/mol. The molecule has 0 radical (unpaired) electrons. The highest BCUT2D eigenvalue weighted by molar-refractivity contribution is 7.89. The molecule has 0 amide bonds. The standard InChI is InChI=1S/C21H19NO2S/c1-4-21(19-12-11-17-7-5-6-8-18(17)15-19)22(3)25(23,24)20-13-9-16(2)10-14-20/h5-15H,1H2,2-3H3. The average Bonchev–Trinajstić information content (AvgIpc) is 2.62. The summed E-state index contributed by atoms with van der Waals surface area (Å²) in [5.41, 5.74) is 4.97. The molecule has 0 saturated carbocycles. The van der Waals surface area contributed by atoms with Gasteiger partial charge in [-0.05, 0) is 35.9 Å². The molecule has 3 aromatic carbocycles. The number of hydrogen-bond acceptors (Lipinski definition) is 2. The average molecular weight is 349 g/mol. The molecule has 0 aliphatic heterocycles. The molecule has 0 N–H and O–H groups in total. The molecule has 0 unspecified atom stereocenters. The van der Waals surface area contributed by atoms with Gasteiger partial charge < -0.3 is 0 Å². The van der Waals surface area contributed by atoms with Crippen molar-refractivity contribution in [3.8, 4) is 0 Å². The fraction of sp³-hybridized carbons (Fsp3) is 0.0952. The predicted octanol–water partition coefficient (Wildman–Crippen LogP) is 4.59. The highest BCUT2D eigenvalue weighted by atomic mass is 32.2. The molecule has 0 heterocycles. The minimum atomic E-state index is -3.67. The largest absolute Gasteiger partial charge is 0.264 e. The zero-order valence-electron chi connectivity index (χ0n) is 14.2. The Balaban J connectivity index is 2.04. The molecule has 0 aliphatic carbocycles. The van der Waals surface area contributed by atoms with Crippen molar-refractivity contribution >= 4 is 26.5 Å². The van der Waals surface area contributed by atoms with Gasteiger partial charge in [-0.15, -0.1) is 5.73 Å². The quantitative estimate of drug-likeness (QED) is 0.646. The molecule has 4 heteroatoms. The number of hydrogen-bond donors (Lipinski definition) is 0. The maximum absolute atomic E-state index is 12.9. The first kappa shape index (κ1) is 17.0. The van der Waals surface area contributed by atoms with Crippen molar-refractivity contribution in [3.05, 3.63) is 90.2 Å². The van der Waals surface area contributed by atoms with Crippen molar-refractivity contribution in [1.29, 1.82) is 0 Å². The third-order valence-electron chi connectivity index (χ3n) is 4.18. The molecule has 0 atom stereocenters. The highest BCUT2D eigenvalue weighted by Gasteiger charge is 2.23. The van der Waals surface area contributed by atoms with Gasteiger partial charge in [0.1, 0.15) is 5.70 Å². The Morgan fingerprint density at radius 2 is 1.60 bits per heavy atom. The van der Waals surface area contributed by atoms with Crippen LogP contribution in [0.2, 0.25) is 0 Å². The Morgan fingerprint density at radius 1 is 0.960 bits per heavy atom. The van der Waals surface area contributed by atoms with Crippen LogP contribution in [0, 0.1) is 6.92 Å². The van der Waals surface area contributed by atoms with Crippen LogP contribution in [0.4, 0.5) is 0 Å². The first-order chi connectivity index (χ1) is 11.9. The maximum Gasteiger partial charge on any atom is 0.264 e. The van der Waals surface area contributed by atoms with Crippen molar-refractivity contribution in [3.63, 3.8) is 0 Å². The summed E-state index contributed by atoms with van der Waals surface area (Å²) in [7, 11) is -2.15. The normalized spacial score (nSPS) is 11.1. The number of sulfonamides is 1. The molecule has 25 heavy (non-hydrogen) atoms. The lowest BCUT2D eigenvalue weighted by molar-refractivity contribution is 0.546. The number of benzene rings is 3. The van der Waals surface area contributed by atoms with Gasteiger partial charge in [0.2, 0.25) is 0 Å². The first-order valence-electron chi connectivity index (χ1n) is 7.88. The van der Waals surface area contributed by atoms with Crippen molar-refractivity contribution in [1.82, 2.24) is 4.31 Å². The topological polar surface area (TPSA) is 37.4 Å². The number of aryl methyl sites for hydroxylation is 1. The first-order valence-corrected chi connectivity index (χ1v) is 9.32. The van der Waals surface area contributed by atoms with Gasteiger partial charge in [0, 0.05) is 12.6 Å². The smallest absolute Gasteiger partial charge is 0.262 e. The zero-order valence-corrected chi connectivity index (χ0v) is 15.0. The SMILES string of the molecule is C=C=C(c1ccc2ccccc2c1)N(C)S(=O)(=O)c1ccc(C)cc1. The lowest BCUT2D eigenvalue weighted by atomic mass is 10.1. The molecule has 0 aromatic heterocycles. The van der Waals surface area contributed by atoms with E-state index in [1.54, 1.807) is 24.3 Å². The van der Waals surface area contributed by atoms with Gasteiger partial charge in [-0.3, -0.25) is 4.31 Å². The summed E-state index contributed by atoms with van der Waals surface area (Å²) in [6, 6.07) is 20.5. The molecule has 3 aromatic rings. The number of rotatable bonds is 4. The summed E-state index contributed by atoms with van der Waals surface area (Å²) >= 11 is 0. The number of nitrogens with zero attached hydrogens (tertiary/aromatic N) is 1. The van der Waals surface area contributed by atoms with Gasteiger partial charge >= 0.3 is 0 Å². The van der Waals surface area contributed by atoms with E-state index in [0.717, 1.165) is 21.9 Å². The van der Waals surface area contributed by atoms with E-state index in [2.05, 4.69) is 12.3 Å². The molecule has 0 fully saturated rings. The summed E-state index contributed by atoms with van der Waals surface area (Å²) in [6.07, 6.45) is 0.